The van der Waals surface area contributed by atoms with Crippen molar-refractivity contribution in [1.82, 2.24) is 4.98 Å². The van der Waals surface area contributed by atoms with Crippen molar-refractivity contribution in [2.45, 2.75) is 45.4 Å². The number of hydrogen-bond acceptors (Lipinski definition) is 1. The van der Waals surface area contributed by atoms with E-state index in [0.717, 1.165) is 22.7 Å². The van der Waals surface area contributed by atoms with Gasteiger partial charge in [0.1, 0.15) is 5.82 Å². The Morgan fingerprint density at radius 2 is 1.79 bits per heavy atom. The third kappa shape index (κ3) is 4.45. The first-order valence-electron chi connectivity index (χ1n) is 8.98. The van der Waals surface area contributed by atoms with E-state index in [2.05, 4.69) is 23.7 Å². The number of nitrogens with zero attached hydrogens (tertiary/aromatic N) is 1. The molecule has 1 aliphatic carbocycles. The topological polar surface area (TPSA) is 12.9 Å². The third-order valence-electron chi connectivity index (χ3n) is 4.87. The molecular weight excluding hydrogens is 297 g/mol. The van der Waals surface area contributed by atoms with Gasteiger partial charge < -0.3 is 0 Å². The highest BCUT2D eigenvalue weighted by Crippen LogP contribution is 2.31. The molecule has 1 heterocycles. The van der Waals surface area contributed by atoms with E-state index in [0.29, 0.717) is 5.92 Å². The zero-order valence-electron chi connectivity index (χ0n) is 14.3. The summed E-state index contributed by atoms with van der Waals surface area (Å²) in [6.07, 6.45) is 9.61. The molecule has 0 N–H and O–H groups in total. The van der Waals surface area contributed by atoms with E-state index in [1.54, 1.807) is 12.1 Å². The van der Waals surface area contributed by atoms with Crippen LogP contribution in [0.15, 0.2) is 42.6 Å². The number of hydrogen-bond donors (Lipinski definition) is 0. The van der Waals surface area contributed by atoms with Crippen molar-refractivity contribution < 1.29 is 4.39 Å². The number of benzene rings is 1. The number of aromatic nitrogens is 1. The van der Waals surface area contributed by atoms with Crippen molar-refractivity contribution in [3.05, 3.63) is 54.0 Å². The third-order valence-corrected chi connectivity index (χ3v) is 4.87. The van der Waals surface area contributed by atoms with Crippen molar-refractivity contribution >= 4 is 0 Å². The Kier molecular flexibility index (Phi) is 5.64. The van der Waals surface area contributed by atoms with Gasteiger partial charge in [-0.2, -0.15) is 0 Å². The molecule has 1 fully saturated rings. The number of rotatable bonds is 3. The summed E-state index contributed by atoms with van der Waals surface area (Å²) in [5.74, 6) is 7.94. The molecule has 0 saturated heterocycles. The Labute approximate surface area is 144 Å². The lowest BCUT2D eigenvalue weighted by atomic mass is 9.80. The highest BCUT2D eigenvalue weighted by atomic mass is 19.1. The molecule has 24 heavy (non-hydrogen) atoms. The summed E-state index contributed by atoms with van der Waals surface area (Å²) in [5, 5.41) is 0. The molecule has 0 amide bonds. The van der Waals surface area contributed by atoms with E-state index in [-0.39, 0.29) is 5.82 Å². The molecule has 1 saturated carbocycles. The quantitative estimate of drug-likeness (QED) is 0.647. The molecular formula is C22H24FN. The lowest BCUT2D eigenvalue weighted by molar-refractivity contribution is 0.300. The van der Waals surface area contributed by atoms with Crippen LogP contribution in [0.2, 0.25) is 0 Å². The second-order valence-electron chi connectivity index (χ2n) is 6.71. The van der Waals surface area contributed by atoms with E-state index >= 15 is 0 Å². The van der Waals surface area contributed by atoms with Crippen LogP contribution in [0.1, 0.15) is 51.0 Å². The van der Waals surface area contributed by atoms with Crippen LogP contribution in [0.4, 0.5) is 4.39 Å². The molecule has 0 aliphatic heterocycles. The second kappa shape index (κ2) is 8.11. The average molecular weight is 321 g/mol. The van der Waals surface area contributed by atoms with Crippen LogP contribution >= 0.6 is 0 Å². The van der Waals surface area contributed by atoms with E-state index in [1.807, 2.05) is 18.3 Å². The maximum atomic E-state index is 13.0. The zero-order valence-corrected chi connectivity index (χ0v) is 14.3. The summed E-state index contributed by atoms with van der Waals surface area (Å²) in [5.41, 5.74) is 2.72. The Bertz CT molecular complexity index is 698. The largest absolute Gasteiger partial charge is 0.255 e. The minimum absolute atomic E-state index is 0.227. The van der Waals surface area contributed by atoms with Gasteiger partial charge in [0.15, 0.2) is 0 Å². The predicted octanol–water partition coefficient (Wildman–Crippen LogP) is 5.85. The van der Waals surface area contributed by atoms with Gasteiger partial charge >= 0.3 is 0 Å². The summed E-state index contributed by atoms with van der Waals surface area (Å²) < 4.78 is 13.0. The van der Waals surface area contributed by atoms with Crippen LogP contribution in [-0.4, -0.2) is 4.98 Å². The summed E-state index contributed by atoms with van der Waals surface area (Å²) in [4.78, 5) is 4.45. The zero-order chi connectivity index (χ0) is 16.8. The van der Waals surface area contributed by atoms with E-state index < -0.39 is 0 Å². The lowest BCUT2D eigenvalue weighted by Gasteiger charge is -2.25. The lowest BCUT2D eigenvalue weighted by Crippen LogP contribution is -2.13. The first-order valence-corrected chi connectivity index (χ1v) is 8.98. The molecule has 0 radical (unpaired) electrons. The second-order valence-corrected chi connectivity index (χ2v) is 6.71. The molecule has 0 bridgehead atoms. The molecule has 1 aliphatic rings. The summed E-state index contributed by atoms with van der Waals surface area (Å²) in [7, 11) is 0. The number of halogens is 1. The fourth-order valence-electron chi connectivity index (χ4n) is 3.45. The first-order chi connectivity index (χ1) is 11.7. The molecule has 124 valence electrons. The van der Waals surface area contributed by atoms with Crippen LogP contribution in [0.3, 0.4) is 0 Å². The van der Waals surface area contributed by atoms with Crippen LogP contribution in [0, 0.1) is 29.5 Å². The van der Waals surface area contributed by atoms with E-state index in [4.69, 9.17) is 0 Å². The molecule has 0 atom stereocenters. The summed E-state index contributed by atoms with van der Waals surface area (Å²) in [6.45, 7) is 2.27. The highest BCUT2D eigenvalue weighted by molar-refractivity contribution is 5.59. The molecule has 3 rings (SSSR count). The molecule has 2 aromatic rings. The smallest absolute Gasteiger partial charge is 0.123 e. The molecule has 1 nitrogen and oxygen atoms in total. The van der Waals surface area contributed by atoms with Gasteiger partial charge in [-0.25, -0.2) is 4.39 Å². The monoisotopic (exact) mass is 321 g/mol. The van der Waals surface area contributed by atoms with Crippen molar-refractivity contribution in [2.75, 3.05) is 0 Å². The minimum Gasteiger partial charge on any atom is -0.255 e. The summed E-state index contributed by atoms with van der Waals surface area (Å²) in [6, 6.07) is 10.4. The van der Waals surface area contributed by atoms with Crippen LogP contribution in [-0.2, 0) is 0 Å². The van der Waals surface area contributed by atoms with Gasteiger partial charge in [-0.15, -0.1) is 0 Å². The van der Waals surface area contributed by atoms with Crippen LogP contribution in [0.5, 0.6) is 0 Å². The van der Waals surface area contributed by atoms with Crippen LogP contribution < -0.4 is 0 Å². The minimum atomic E-state index is -0.227. The van der Waals surface area contributed by atoms with E-state index in [1.165, 1.54) is 50.7 Å². The van der Waals surface area contributed by atoms with Crippen LogP contribution in [0.25, 0.3) is 11.3 Å². The van der Waals surface area contributed by atoms with Gasteiger partial charge in [-0.05, 0) is 68.0 Å². The normalized spacial score (nSPS) is 20.2. The fourth-order valence-corrected chi connectivity index (χ4v) is 3.45. The molecule has 1 aromatic carbocycles. The Morgan fingerprint density at radius 1 is 1.04 bits per heavy atom. The fraction of sp³-hybridized carbons (Fsp3) is 0.409. The average Bonchev–Trinajstić information content (AvgIpc) is 2.63. The van der Waals surface area contributed by atoms with Crippen molar-refractivity contribution in [3.63, 3.8) is 0 Å². The Morgan fingerprint density at radius 3 is 2.42 bits per heavy atom. The number of pyridine rings is 1. The Balaban J connectivity index is 1.60. The van der Waals surface area contributed by atoms with Gasteiger partial charge in [0.25, 0.3) is 0 Å². The predicted molar refractivity (Wildman–Crippen MR) is 96.9 cm³/mol. The Hall–Kier alpha value is -2.14. The van der Waals surface area contributed by atoms with Gasteiger partial charge in [0, 0.05) is 23.2 Å². The van der Waals surface area contributed by atoms with Crippen molar-refractivity contribution in [3.8, 4) is 23.1 Å². The van der Waals surface area contributed by atoms with Crippen molar-refractivity contribution in [2.24, 2.45) is 11.8 Å². The van der Waals surface area contributed by atoms with Gasteiger partial charge in [-0.1, -0.05) is 31.6 Å². The molecule has 2 heteroatoms. The molecule has 0 unspecified atom stereocenters. The molecule has 1 aromatic heterocycles. The summed E-state index contributed by atoms with van der Waals surface area (Å²) >= 11 is 0. The highest BCUT2D eigenvalue weighted by Gasteiger charge is 2.18. The van der Waals surface area contributed by atoms with Gasteiger partial charge in [0.2, 0.25) is 0 Å². The van der Waals surface area contributed by atoms with Gasteiger partial charge in [0.05, 0.1) is 5.69 Å². The van der Waals surface area contributed by atoms with Gasteiger partial charge in [-0.3, -0.25) is 4.98 Å². The SMILES string of the molecule is CCCC1CCC(C#Cc2ccc(-c3ccc(F)cc3)nc2)CC1. The first kappa shape index (κ1) is 16.7. The standard InChI is InChI=1S/C22H24FN/c1-2-3-17-4-6-18(7-5-17)8-9-19-10-15-22(24-16-19)20-11-13-21(23)14-12-20/h10-18H,2-7H2,1H3. The van der Waals surface area contributed by atoms with Crippen molar-refractivity contribution in [1.29, 1.82) is 0 Å². The van der Waals surface area contributed by atoms with E-state index in [9.17, 15) is 4.39 Å². The maximum absolute atomic E-state index is 13.0. The maximum Gasteiger partial charge on any atom is 0.123 e. The molecule has 0 spiro atoms.